The van der Waals surface area contributed by atoms with Gasteiger partial charge in [0.25, 0.3) is 0 Å². The molecule has 150 valence electrons. The van der Waals surface area contributed by atoms with Crippen LogP contribution in [0.2, 0.25) is 0 Å². The van der Waals surface area contributed by atoms with Crippen molar-refractivity contribution in [2.45, 2.75) is 20.8 Å². The molecule has 29 heavy (non-hydrogen) atoms. The summed E-state index contributed by atoms with van der Waals surface area (Å²) < 4.78 is 15.3. The summed E-state index contributed by atoms with van der Waals surface area (Å²) in [7, 11) is 0. The Morgan fingerprint density at radius 2 is 1.90 bits per heavy atom. The molecule has 0 aliphatic heterocycles. The molecular weight excluding hydrogens is 371 g/mol. The highest BCUT2D eigenvalue weighted by Crippen LogP contribution is 2.15. The summed E-state index contributed by atoms with van der Waals surface area (Å²) in [4.78, 5) is 11.8. The lowest BCUT2D eigenvalue weighted by Crippen LogP contribution is -2.27. The fourth-order valence-electron chi connectivity index (χ4n) is 2.69. The van der Waals surface area contributed by atoms with Crippen molar-refractivity contribution in [2.75, 3.05) is 18.4 Å². The van der Waals surface area contributed by atoms with E-state index in [1.165, 1.54) is 18.2 Å². The molecule has 2 aromatic heterocycles. The molecule has 0 radical (unpaired) electrons. The van der Waals surface area contributed by atoms with Crippen LogP contribution < -0.4 is 10.6 Å². The van der Waals surface area contributed by atoms with Crippen molar-refractivity contribution in [3.8, 4) is 5.82 Å². The number of nitrogens with zero attached hydrogens (tertiary/aromatic N) is 4. The van der Waals surface area contributed by atoms with Gasteiger partial charge in [-0.1, -0.05) is 18.2 Å². The Bertz CT molecular complexity index is 1030. The first-order chi connectivity index (χ1) is 14.0. The second-order valence-electron chi connectivity index (χ2n) is 6.56. The number of nitrogens with one attached hydrogen (secondary N) is 2. The monoisotopic (exact) mass is 394 g/mol. The Hall–Kier alpha value is -3.55. The molecule has 0 spiro atoms. The van der Waals surface area contributed by atoms with Crippen LogP contribution in [0.25, 0.3) is 11.9 Å². The fourth-order valence-corrected chi connectivity index (χ4v) is 2.69. The van der Waals surface area contributed by atoms with Crippen molar-refractivity contribution in [3.05, 3.63) is 70.8 Å². The highest BCUT2D eigenvalue weighted by molar-refractivity contribution is 5.91. The van der Waals surface area contributed by atoms with Crippen LogP contribution in [0.15, 0.2) is 42.5 Å². The molecule has 0 fully saturated rings. The van der Waals surface area contributed by atoms with E-state index in [0.29, 0.717) is 30.3 Å². The van der Waals surface area contributed by atoms with Gasteiger partial charge in [-0.3, -0.25) is 4.79 Å². The Kier molecular flexibility index (Phi) is 6.33. The molecule has 1 amide bonds. The maximum atomic E-state index is 13.5. The van der Waals surface area contributed by atoms with Gasteiger partial charge in [0, 0.05) is 30.4 Å². The normalized spacial score (nSPS) is 11.0. The highest BCUT2D eigenvalue weighted by atomic mass is 19.1. The summed E-state index contributed by atoms with van der Waals surface area (Å²) >= 11 is 0. The van der Waals surface area contributed by atoms with Crippen molar-refractivity contribution in [3.63, 3.8) is 0 Å². The average molecular weight is 394 g/mol. The number of benzene rings is 1. The van der Waals surface area contributed by atoms with Crippen molar-refractivity contribution < 1.29 is 9.18 Å². The van der Waals surface area contributed by atoms with Crippen LogP contribution in [0.4, 0.5) is 10.2 Å². The van der Waals surface area contributed by atoms with E-state index in [2.05, 4.69) is 25.9 Å². The number of hydrogen-bond donors (Lipinski definition) is 2. The molecule has 3 rings (SSSR count). The molecule has 2 N–H and O–H groups in total. The van der Waals surface area contributed by atoms with E-state index in [1.807, 2.05) is 32.9 Å². The van der Waals surface area contributed by atoms with Gasteiger partial charge in [-0.2, -0.15) is 5.10 Å². The summed E-state index contributed by atoms with van der Waals surface area (Å²) in [6.45, 7) is 6.85. The van der Waals surface area contributed by atoms with Crippen LogP contribution in [0, 0.1) is 26.6 Å². The molecular formula is C21H23FN6O. The molecule has 0 unspecified atom stereocenters. The van der Waals surface area contributed by atoms with Gasteiger partial charge in [0.05, 0.1) is 5.69 Å². The molecule has 0 bridgehead atoms. The zero-order valence-electron chi connectivity index (χ0n) is 16.6. The maximum Gasteiger partial charge on any atom is 0.244 e. The fraction of sp³-hybridized carbons (Fsp3) is 0.238. The van der Waals surface area contributed by atoms with Crippen molar-refractivity contribution in [1.82, 2.24) is 25.3 Å². The molecule has 0 atom stereocenters. The number of aromatic nitrogens is 4. The molecule has 0 aliphatic carbocycles. The van der Waals surface area contributed by atoms with Crippen molar-refractivity contribution >= 4 is 17.8 Å². The average Bonchev–Trinajstić information content (AvgIpc) is 2.98. The van der Waals surface area contributed by atoms with Crippen molar-refractivity contribution in [2.24, 2.45) is 0 Å². The zero-order chi connectivity index (χ0) is 20.8. The summed E-state index contributed by atoms with van der Waals surface area (Å²) in [6, 6.07) is 9.93. The lowest BCUT2D eigenvalue weighted by Gasteiger charge is -2.07. The number of anilines is 1. The number of hydrogen-bond acceptors (Lipinski definition) is 5. The minimum atomic E-state index is -0.365. The van der Waals surface area contributed by atoms with Crippen LogP contribution in [-0.4, -0.2) is 39.0 Å². The molecule has 0 saturated carbocycles. The van der Waals surface area contributed by atoms with Crippen LogP contribution in [0.3, 0.4) is 0 Å². The van der Waals surface area contributed by atoms with Crippen molar-refractivity contribution in [1.29, 1.82) is 0 Å². The first-order valence-electron chi connectivity index (χ1n) is 9.27. The number of carbonyl (C=O) groups excluding carboxylic acids is 1. The number of rotatable bonds is 7. The van der Waals surface area contributed by atoms with E-state index in [1.54, 1.807) is 22.9 Å². The lowest BCUT2D eigenvalue weighted by molar-refractivity contribution is -0.116. The Labute approximate surface area is 168 Å². The standard InChI is InChI=1S/C21H23FN6O/c1-14-15(2)27-28(16(14)3)20-10-9-19(25-26-20)23-12-13-24-21(29)11-8-17-6-4-5-7-18(17)22/h4-11H,12-13H2,1-3H3,(H,23,25)(H,24,29)/b11-8+. The minimum absolute atomic E-state index is 0.295. The van der Waals surface area contributed by atoms with E-state index < -0.39 is 0 Å². The minimum Gasteiger partial charge on any atom is -0.367 e. The van der Waals surface area contributed by atoms with E-state index >= 15 is 0 Å². The van der Waals surface area contributed by atoms with Gasteiger partial charge in [0.15, 0.2) is 5.82 Å². The summed E-state index contributed by atoms with van der Waals surface area (Å²) in [5, 5.41) is 18.6. The number of aryl methyl sites for hydroxylation is 1. The van der Waals surface area contributed by atoms with Crippen LogP contribution in [-0.2, 0) is 4.79 Å². The molecule has 3 aromatic rings. The first-order valence-corrected chi connectivity index (χ1v) is 9.27. The van der Waals surface area contributed by atoms with Crippen LogP contribution in [0.5, 0.6) is 0 Å². The predicted octanol–water partition coefficient (Wildman–Crippen LogP) is 2.97. The van der Waals surface area contributed by atoms with E-state index in [9.17, 15) is 9.18 Å². The maximum absolute atomic E-state index is 13.5. The van der Waals surface area contributed by atoms with Gasteiger partial charge in [0.1, 0.15) is 11.6 Å². The number of halogens is 1. The number of carbonyl (C=O) groups is 1. The topological polar surface area (TPSA) is 84.7 Å². The van der Waals surface area contributed by atoms with E-state index in [-0.39, 0.29) is 11.7 Å². The van der Waals surface area contributed by atoms with Gasteiger partial charge in [0.2, 0.25) is 5.91 Å². The van der Waals surface area contributed by atoms with E-state index in [4.69, 9.17) is 0 Å². The quantitative estimate of drug-likeness (QED) is 0.475. The third-order valence-electron chi connectivity index (χ3n) is 4.57. The molecule has 1 aromatic carbocycles. The summed E-state index contributed by atoms with van der Waals surface area (Å²) in [6.07, 6.45) is 2.76. The molecule has 0 aliphatic rings. The second kappa shape index (κ2) is 9.09. The smallest absolute Gasteiger partial charge is 0.244 e. The van der Waals surface area contributed by atoms with Crippen LogP contribution in [0.1, 0.15) is 22.5 Å². The zero-order valence-corrected chi connectivity index (χ0v) is 16.6. The second-order valence-corrected chi connectivity index (χ2v) is 6.56. The Morgan fingerprint density at radius 3 is 2.55 bits per heavy atom. The van der Waals surface area contributed by atoms with Crippen LogP contribution >= 0.6 is 0 Å². The third-order valence-corrected chi connectivity index (χ3v) is 4.57. The number of amides is 1. The Morgan fingerprint density at radius 1 is 1.10 bits per heavy atom. The highest BCUT2D eigenvalue weighted by Gasteiger charge is 2.10. The molecule has 7 nitrogen and oxygen atoms in total. The van der Waals surface area contributed by atoms with Gasteiger partial charge in [-0.05, 0) is 50.6 Å². The van der Waals surface area contributed by atoms with Gasteiger partial charge in [-0.25, -0.2) is 9.07 Å². The molecule has 2 heterocycles. The SMILES string of the molecule is Cc1nn(-c2ccc(NCCNC(=O)/C=C/c3ccccc3F)nn2)c(C)c1C. The lowest BCUT2D eigenvalue weighted by atomic mass is 10.2. The van der Waals surface area contributed by atoms with Gasteiger partial charge >= 0.3 is 0 Å². The van der Waals surface area contributed by atoms with E-state index in [0.717, 1.165) is 17.0 Å². The largest absolute Gasteiger partial charge is 0.367 e. The first kappa shape index (κ1) is 20.2. The third kappa shape index (κ3) is 5.04. The molecule has 8 heteroatoms. The molecule has 0 saturated heterocycles. The van der Waals surface area contributed by atoms with Gasteiger partial charge < -0.3 is 10.6 Å². The summed E-state index contributed by atoms with van der Waals surface area (Å²) in [5.41, 5.74) is 3.50. The van der Waals surface area contributed by atoms with Gasteiger partial charge in [-0.15, -0.1) is 10.2 Å². The predicted molar refractivity (Wildman–Crippen MR) is 110 cm³/mol. The summed E-state index contributed by atoms with van der Waals surface area (Å²) in [5.74, 6) is 0.589. The Balaban J connectivity index is 1.46.